The van der Waals surface area contributed by atoms with Crippen LogP contribution >= 0.6 is 0 Å². The Kier molecular flexibility index (Phi) is 24.2. The third-order valence-electron chi connectivity index (χ3n) is 10.2. The van der Waals surface area contributed by atoms with Crippen LogP contribution in [0.2, 0.25) is 0 Å². The van der Waals surface area contributed by atoms with Crippen LogP contribution < -0.4 is 63.3 Å². The van der Waals surface area contributed by atoms with Gasteiger partial charge < -0.3 is 54.2 Å². The number of fused-ring (bicyclic) bond motifs is 2. The van der Waals surface area contributed by atoms with E-state index in [9.17, 15) is 87.8 Å². The number of phenols is 4. The second-order valence-corrected chi connectivity index (χ2v) is 23.2. The topological polar surface area (TPSA) is 635 Å². The van der Waals surface area contributed by atoms with E-state index in [1.54, 1.807) is 6.92 Å². The fourth-order valence-corrected chi connectivity index (χ4v) is 9.47. The molecule has 0 saturated heterocycles. The number of nitro groups is 3. The van der Waals surface area contributed by atoms with E-state index < -0.39 is 125 Å². The number of nitrogens with two attached hydrogens (primary N) is 5. The fourth-order valence-electron chi connectivity index (χ4n) is 6.38. The first-order valence-corrected chi connectivity index (χ1v) is 28.8. The summed E-state index contributed by atoms with van der Waals surface area (Å²) in [6.45, 7) is 1.67. The van der Waals surface area contributed by atoms with E-state index in [-0.39, 0.29) is 78.9 Å². The van der Waals surface area contributed by atoms with Gasteiger partial charge in [-0.1, -0.05) is 24.3 Å². The molecule has 85 heavy (non-hydrogen) atoms. The molecule has 0 heterocycles. The second kappa shape index (κ2) is 28.5. The van der Waals surface area contributed by atoms with Gasteiger partial charge >= 0.3 is 35.2 Å². The largest absolute Gasteiger partial charge is 1.00 e. The number of nitro benzene ring substituents is 3. The number of rotatable bonds is 8. The van der Waals surface area contributed by atoms with Gasteiger partial charge in [-0.05, 0) is 90.7 Å². The minimum absolute atomic E-state index is 0. The molecule has 0 amide bonds. The SMILES string of the molecule is Cc1cc(S(=O)(=O)O)ccc1N.Nc1c(S(=O)(=O)O)cc(S(=O)(=O)O)c2cccc(O)c12.Nc1cc(S(=O)(=O)O)cc2cc(S(=O)(=O)O)cc(O)c12.Nc1cc([N+](=O)[O-])cc([N+](=O)[O-])c1O.Nc1ccc([N+](=O)[O-])cc1.[Na+].[O-]c1cccc(O)c1. The van der Waals surface area contributed by atoms with Crippen LogP contribution in [0.5, 0.6) is 28.7 Å². The van der Waals surface area contributed by atoms with Crippen LogP contribution in [0, 0.1) is 37.3 Å². The molecule has 0 aromatic heterocycles. The fraction of sp³-hybridized carbons (Fsp3) is 0.0222. The zero-order valence-corrected chi connectivity index (χ0v) is 48.9. The van der Waals surface area contributed by atoms with Gasteiger partial charge in [-0.25, -0.2) is 0 Å². The first-order valence-electron chi connectivity index (χ1n) is 21.6. The van der Waals surface area contributed by atoms with Crippen molar-refractivity contribution in [1.29, 1.82) is 0 Å². The van der Waals surface area contributed by atoms with Crippen molar-refractivity contribution in [2.75, 3.05) is 28.7 Å². The maximum atomic E-state index is 11.3. The number of aromatic hydroxyl groups is 4. The van der Waals surface area contributed by atoms with Crippen molar-refractivity contribution in [3.05, 3.63) is 163 Å². The second-order valence-electron chi connectivity index (χ2n) is 16.2. The Bertz CT molecular complexity index is 4380. The molecular weight excluding hydrogens is 1250 g/mol. The summed E-state index contributed by atoms with van der Waals surface area (Å²) in [6.07, 6.45) is 0. The maximum absolute atomic E-state index is 11.3. The molecular formula is C45H43N8NaO26S5. The molecule has 0 aliphatic rings. The van der Waals surface area contributed by atoms with Crippen LogP contribution in [0.3, 0.4) is 0 Å². The molecule has 0 saturated carbocycles. The number of aryl methyl sites for hydroxylation is 1. The summed E-state index contributed by atoms with van der Waals surface area (Å²) in [6, 6.07) is 24.5. The number of phenolic OH excluding ortho intramolecular Hbond substituents is 4. The van der Waals surface area contributed by atoms with Crippen molar-refractivity contribution in [1.82, 2.24) is 0 Å². The summed E-state index contributed by atoms with van der Waals surface area (Å²) in [5.74, 6) is -1.94. The summed E-state index contributed by atoms with van der Waals surface area (Å²) < 4.78 is 155. The summed E-state index contributed by atoms with van der Waals surface area (Å²) in [5.41, 5.74) is 26.3. The minimum atomic E-state index is -4.84. The predicted molar refractivity (Wildman–Crippen MR) is 296 cm³/mol. The molecule has 0 fully saturated rings. The summed E-state index contributed by atoms with van der Waals surface area (Å²) >= 11 is 0. The van der Waals surface area contributed by atoms with Gasteiger partial charge in [0.2, 0.25) is 5.75 Å². The van der Waals surface area contributed by atoms with Crippen molar-refractivity contribution < 1.29 is 135 Å². The van der Waals surface area contributed by atoms with Gasteiger partial charge in [0.25, 0.3) is 62.0 Å². The van der Waals surface area contributed by atoms with Gasteiger partial charge in [0.15, 0.2) is 0 Å². The van der Waals surface area contributed by atoms with E-state index in [2.05, 4.69) is 0 Å². The Morgan fingerprint density at radius 1 is 0.447 bits per heavy atom. The zero-order chi connectivity index (χ0) is 64.4. The monoisotopic (exact) mass is 1290 g/mol. The Labute approximate surface area is 501 Å². The number of hydrogen-bond donors (Lipinski definition) is 14. The first kappa shape index (κ1) is 72.1. The molecule has 8 rings (SSSR count). The molecule has 450 valence electrons. The zero-order valence-electron chi connectivity index (χ0n) is 42.9. The van der Waals surface area contributed by atoms with E-state index in [0.717, 1.165) is 36.4 Å². The molecule has 0 spiro atoms. The van der Waals surface area contributed by atoms with Crippen molar-refractivity contribution in [3.8, 4) is 28.7 Å². The summed E-state index contributed by atoms with van der Waals surface area (Å²) in [7, 11) is -22.9. The van der Waals surface area contributed by atoms with E-state index >= 15 is 0 Å². The maximum Gasteiger partial charge on any atom is 1.00 e. The summed E-state index contributed by atoms with van der Waals surface area (Å²) in [5, 5.41) is 77.6. The minimum Gasteiger partial charge on any atom is -0.872 e. The van der Waals surface area contributed by atoms with Crippen LogP contribution in [0.1, 0.15) is 5.56 Å². The number of hydrogen-bond acceptors (Lipinski definition) is 26. The normalized spacial score (nSPS) is 11.1. The Balaban J connectivity index is 0.000000357. The molecule has 8 aromatic rings. The third kappa shape index (κ3) is 20.4. The van der Waals surface area contributed by atoms with Crippen LogP contribution in [-0.4, -0.2) is 100 Å². The quantitative estimate of drug-likeness (QED) is 0.0256. The molecule has 0 unspecified atom stereocenters. The van der Waals surface area contributed by atoms with Gasteiger partial charge in [0, 0.05) is 57.5 Å². The molecule has 34 nitrogen and oxygen atoms in total. The Hall–Kier alpha value is -8.97. The van der Waals surface area contributed by atoms with Crippen molar-refractivity contribution in [3.63, 3.8) is 0 Å². The standard InChI is InChI=1S/2C10H9NO7S2.C7H9NO3S.C6H5N3O5.C6H6N2O2.C6H6O2.Na/c11-8-3-6(19(13,14)15)1-5-2-7(20(16,17)18)4-9(12)10(5)8;11-10-8(20(16,17)18)4-7(19(13,14)15)5-2-1-3-6(12)9(5)10;1-5-4-6(12(9,10)11)2-3-7(5)8;7-4-1-3(8(11)12)2-5(6(4)10)9(13)14;7-5-1-3-6(4-2-5)8(9)10;7-5-2-1-3-6(8)4-5;/h2*1-4,12H,11H2,(H,13,14,15)(H,16,17,18);2-4H,8H2,1H3,(H,9,10,11);1-2,10H,7H2;1-4H,7H2;1-4,7-8H;/q;;;;;;+1/p-1. The predicted octanol–water partition coefficient (Wildman–Crippen LogP) is 1.50. The third-order valence-corrected chi connectivity index (χ3v) is 14.5. The van der Waals surface area contributed by atoms with E-state index in [1.165, 1.54) is 78.9 Å². The molecule has 0 bridgehead atoms. The number of nitrogens with zero attached hydrogens (tertiary/aromatic N) is 3. The van der Waals surface area contributed by atoms with Gasteiger partial charge in [-0.15, -0.1) is 5.75 Å². The van der Waals surface area contributed by atoms with Gasteiger partial charge in [0.05, 0.1) is 46.9 Å². The molecule has 40 heteroatoms. The molecule has 0 atom stereocenters. The van der Waals surface area contributed by atoms with E-state index in [1.807, 2.05) is 0 Å². The Morgan fingerprint density at radius 3 is 1.39 bits per heavy atom. The van der Waals surface area contributed by atoms with Gasteiger partial charge in [-0.2, -0.15) is 42.1 Å². The Morgan fingerprint density at radius 2 is 0.953 bits per heavy atom. The van der Waals surface area contributed by atoms with Crippen molar-refractivity contribution in [2.24, 2.45) is 0 Å². The van der Waals surface area contributed by atoms with Crippen molar-refractivity contribution >= 4 is 118 Å². The number of non-ortho nitro benzene ring substituents is 2. The van der Waals surface area contributed by atoms with Crippen LogP contribution in [0.15, 0.2) is 152 Å². The number of benzene rings is 8. The molecule has 0 radical (unpaired) electrons. The van der Waals surface area contributed by atoms with Crippen molar-refractivity contribution in [2.45, 2.75) is 31.4 Å². The van der Waals surface area contributed by atoms with Crippen LogP contribution in [-0.2, 0) is 50.6 Å². The molecule has 19 N–H and O–H groups in total. The first-order chi connectivity index (χ1) is 38.4. The van der Waals surface area contributed by atoms with E-state index in [4.69, 9.17) is 61.6 Å². The average molecular weight is 1300 g/mol. The smallest absolute Gasteiger partial charge is 0.872 e. The molecule has 8 aromatic carbocycles. The number of anilines is 5. The van der Waals surface area contributed by atoms with Crippen LogP contribution in [0.25, 0.3) is 21.5 Å². The van der Waals surface area contributed by atoms with Crippen LogP contribution in [0.4, 0.5) is 45.5 Å². The number of nitrogen functional groups attached to an aromatic ring is 5. The van der Waals surface area contributed by atoms with E-state index in [0.29, 0.717) is 29.1 Å². The van der Waals surface area contributed by atoms with Gasteiger partial charge in [0.1, 0.15) is 27.0 Å². The van der Waals surface area contributed by atoms with Gasteiger partial charge in [-0.3, -0.25) is 53.1 Å². The summed E-state index contributed by atoms with van der Waals surface area (Å²) in [4.78, 5) is 25.4. The average Bonchev–Trinajstić information content (AvgIpc) is 3.46. The molecule has 0 aliphatic carbocycles. The molecule has 0 aliphatic heterocycles.